The Hall–Kier alpha value is -0.860. The lowest BCUT2D eigenvalue weighted by Crippen LogP contribution is -2.37. The third-order valence-electron chi connectivity index (χ3n) is 4.04. The summed E-state index contributed by atoms with van der Waals surface area (Å²) in [7, 11) is 0. The number of rotatable bonds is 7. The van der Waals surface area contributed by atoms with Gasteiger partial charge in [0.15, 0.2) is 0 Å². The van der Waals surface area contributed by atoms with Gasteiger partial charge in [-0.1, -0.05) is 32.0 Å². The quantitative estimate of drug-likeness (QED) is 0.813. The van der Waals surface area contributed by atoms with Gasteiger partial charge in [-0.2, -0.15) is 0 Å². The third-order valence-corrected chi connectivity index (χ3v) is 4.04. The lowest BCUT2D eigenvalue weighted by atomic mass is 10.0. The van der Waals surface area contributed by atoms with Gasteiger partial charge in [0.1, 0.15) is 0 Å². The predicted molar refractivity (Wildman–Crippen MR) is 80.4 cm³/mol. The first-order valence-electron chi connectivity index (χ1n) is 7.62. The molecule has 1 aliphatic carbocycles. The van der Waals surface area contributed by atoms with Crippen LogP contribution in [0, 0.1) is 5.92 Å². The molecule has 1 unspecified atom stereocenters. The van der Waals surface area contributed by atoms with Crippen molar-refractivity contribution in [2.75, 3.05) is 13.2 Å². The van der Waals surface area contributed by atoms with E-state index in [1.165, 1.54) is 24.8 Å². The summed E-state index contributed by atoms with van der Waals surface area (Å²) in [5.74, 6) is 0.598. The first-order chi connectivity index (χ1) is 9.20. The highest BCUT2D eigenvalue weighted by Gasteiger charge is 2.14. The summed E-state index contributed by atoms with van der Waals surface area (Å²) in [5, 5.41) is 3.64. The van der Waals surface area contributed by atoms with Crippen molar-refractivity contribution in [3.8, 4) is 0 Å². The predicted octanol–water partition coefficient (Wildman–Crippen LogP) is 3.33. The summed E-state index contributed by atoms with van der Waals surface area (Å²) in [5.41, 5.74) is 4.52. The molecule has 106 valence electrons. The Labute approximate surface area is 117 Å². The minimum atomic E-state index is 0.438. The van der Waals surface area contributed by atoms with Crippen molar-refractivity contribution in [3.63, 3.8) is 0 Å². The number of ether oxygens (including phenoxy) is 1. The maximum atomic E-state index is 5.56. The lowest BCUT2D eigenvalue weighted by Gasteiger charge is -2.22. The van der Waals surface area contributed by atoms with Crippen molar-refractivity contribution in [1.29, 1.82) is 0 Å². The zero-order valence-corrected chi connectivity index (χ0v) is 12.5. The van der Waals surface area contributed by atoms with Crippen LogP contribution >= 0.6 is 0 Å². The second kappa shape index (κ2) is 7.06. The van der Waals surface area contributed by atoms with Crippen LogP contribution in [0.5, 0.6) is 0 Å². The summed E-state index contributed by atoms with van der Waals surface area (Å²) >= 11 is 0. The van der Waals surface area contributed by atoms with Crippen molar-refractivity contribution in [1.82, 2.24) is 5.32 Å². The van der Waals surface area contributed by atoms with Gasteiger partial charge in [0.2, 0.25) is 0 Å². The maximum Gasteiger partial charge on any atom is 0.0622 e. The molecule has 1 aliphatic rings. The SMILES string of the molecule is CCOCC(NCc1ccc2c(c1)CCC2)C(C)C. The van der Waals surface area contributed by atoms with E-state index in [-0.39, 0.29) is 0 Å². The molecular formula is C17H27NO. The van der Waals surface area contributed by atoms with E-state index < -0.39 is 0 Å². The molecule has 1 N–H and O–H groups in total. The summed E-state index contributed by atoms with van der Waals surface area (Å²) in [6.45, 7) is 9.10. The molecule has 2 rings (SSSR count). The molecule has 0 heterocycles. The van der Waals surface area contributed by atoms with E-state index in [0.29, 0.717) is 12.0 Å². The molecule has 1 aromatic rings. The highest BCUT2D eigenvalue weighted by molar-refractivity contribution is 5.35. The Morgan fingerprint density at radius 3 is 2.74 bits per heavy atom. The average molecular weight is 261 g/mol. The number of aryl methyl sites for hydroxylation is 2. The molecule has 1 atom stereocenters. The second-order valence-corrected chi connectivity index (χ2v) is 5.85. The minimum Gasteiger partial charge on any atom is -0.380 e. The van der Waals surface area contributed by atoms with Gasteiger partial charge < -0.3 is 10.1 Å². The minimum absolute atomic E-state index is 0.438. The van der Waals surface area contributed by atoms with Crippen molar-refractivity contribution in [2.24, 2.45) is 5.92 Å². The molecule has 0 aromatic heterocycles. The summed E-state index contributed by atoms with van der Waals surface area (Å²) in [4.78, 5) is 0. The van der Waals surface area contributed by atoms with Crippen LogP contribution in [-0.4, -0.2) is 19.3 Å². The van der Waals surface area contributed by atoms with Crippen LogP contribution in [0.15, 0.2) is 18.2 Å². The largest absolute Gasteiger partial charge is 0.380 e. The molecule has 19 heavy (non-hydrogen) atoms. The van der Waals surface area contributed by atoms with E-state index in [9.17, 15) is 0 Å². The topological polar surface area (TPSA) is 21.3 Å². The molecule has 0 fully saturated rings. The molecular weight excluding hydrogens is 234 g/mol. The number of nitrogens with one attached hydrogen (secondary N) is 1. The smallest absolute Gasteiger partial charge is 0.0622 e. The Morgan fingerprint density at radius 2 is 2.00 bits per heavy atom. The van der Waals surface area contributed by atoms with Crippen molar-refractivity contribution < 1.29 is 4.74 Å². The molecule has 1 aromatic carbocycles. The summed E-state index contributed by atoms with van der Waals surface area (Å²) < 4.78 is 5.56. The van der Waals surface area contributed by atoms with E-state index in [0.717, 1.165) is 19.8 Å². The van der Waals surface area contributed by atoms with Crippen molar-refractivity contribution in [2.45, 2.75) is 52.6 Å². The molecule has 0 radical (unpaired) electrons. The Morgan fingerprint density at radius 1 is 1.21 bits per heavy atom. The van der Waals surface area contributed by atoms with Crippen molar-refractivity contribution >= 4 is 0 Å². The monoisotopic (exact) mass is 261 g/mol. The molecule has 2 nitrogen and oxygen atoms in total. The summed E-state index contributed by atoms with van der Waals surface area (Å²) in [6.07, 6.45) is 3.85. The first kappa shape index (κ1) is 14.5. The van der Waals surface area contributed by atoms with Crippen LogP contribution < -0.4 is 5.32 Å². The summed E-state index contributed by atoms with van der Waals surface area (Å²) in [6, 6.07) is 7.41. The van der Waals surface area contributed by atoms with E-state index in [4.69, 9.17) is 4.74 Å². The number of benzene rings is 1. The first-order valence-corrected chi connectivity index (χ1v) is 7.62. The standard InChI is InChI=1S/C17H27NO/c1-4-19-12-17(13(2)3)18-11-14-8-9-15-6-5-7-16(15)10-14/h8-10,13,17-18H,4-7,11-12H2,1-3H3. The number of fused-ring (bicyclic) bond motifs is 1. The molecule has 0 saturated carbocycles. The van der Waals surface area contributed by atoms with Gasteiger partial charge in [-0.25, -0.2) is 0 Å². The second-order valence-electron chi connectivity index (χ2n) is 5.85. The fourth-order valence-electron chi connectivity index (χ4n) is 2.72. The van der Waals surface area contributed by atoms with Crippen LogP contribution in [0.4, 0.5) is 0 Å². The maximum absolute atomic E-state index is 5.56. The van der Waals surface area contributed by atoms with Gasteiger partial charge in [-0.3, -0.25) is 0 Å². The van der Waals surface area contributed by atoms with Gasteiger partial charge in [0, 0.05) is 19.2 Å². The molecule has 0 aliphatic heterocycles. The van der Waals surface area contributed by atoms with Crippen LogP contribution in [0.2, 0.25) is 0 Å². The highest BCUT2D eigenvalue weighted by atomic mass is 16.5. The van der Waals surface area contributed by atoms with Crippen LogP contribution in [-0.2, 0) is 24.1 Å². The van der Waals surface area contributed by atoms with Crippen molar-refractivity contribution in [3.05, 3.63) is 34.9 Å². The van der Waals surface area contributed by atoms with Gasteiger partial charge in [0.05, 0.1) is 6.61 Å². The van der Waals surface area contributed by atoms with Gasteiger partial charge in [-0.05, 0) is 48.8 Å². The fraction of sp³-hybridized carbons (Fsp3) is 0.647. The molecule has 0 spiro atoms. The highest BCUT2D eigenvalue weighted by Crippen LogP contribution is 2.22. The Balaban J connectivity index is 1.89. The Kier molecular flexibility index (Phi) is 5.41. The normalized spacial score (nSPS) is 15.8. The van der Waals surface area contributed by atoms with E-state index >= 15 is 0 Å². The number of hydrogen-bond donors (Lipinski definition) is 1. The third kappa shape index (κ3) is 4.05. The molecule has 0 saturated heterocycles. The zero-order valence-electron chi connectivity index (χ0n) is 12.5. The van der Waals surface area contributed by atoms with E-state index in [1.807, 2.05) is 0 Å². The average Bonchev–Trinajstić information content (AvgIpc) is 2.85. The van der Waals surface area contributed by atoms with E-state index in [1.54, 1.807) is 11.1 Å². The fourth-order valence-corrected chi connectivity index (χ4v) is 2.72. The van der Waals surface area contributed by atoms with Gasteiger partial charge in [-0.15, -0.1) is 0 Å². The van der Waals surface area contributed by atoms with Gasteiger partial charge in [0.25, 0.3) is 0 Å². The molecule has 0 bridgehead atoms. The zero-order chi connectivity index (χ0) is 13.7. The Bertz CT molecular complexity index is 400. The molecule has 0 amide bonds. The number of hydrogen-bond acceptors (Lipinski definition) is 2. The van der Waals surface area contributed by atoms with Crippen LogP contribution in [0.1, 0.15) is 43.9 Å². The molecule has 2 heteroatoms. The van der Waals surface area contributed by atoms with Crippen LogP contribution in [0.25, 0.3) is 0 Å². The van der Waals surface area contributed by atoms with Gasteiger partial charge >= 0.3 is 0 Å². The lowest BCUT2D eigenvalue weighted by molar-refractivity contribution is 0.108. The van der Waals surface area contributed by atoms with Crippen LogP contribution in [0.3, 0.4) is 0 Å². The van der Waals surface area contributed by atoms with E-state index in [2.05, 4.69) is 44.3 Å².